The van der Waals surface area contributed by atoms with E-state index in [2.05, 4.69) is 0 Å². The Morgan fingerprint density at radius 1 is 1.26 bits per heavy atom. The van der Waals surface area contributed by atoms with E-state index in [0.717, 1.165) is 0 Å². The Labute approximate surface area is 115 Å². The lowest BCUT2D eigenvalue weighted by atomic mass is 10.1. The standard InChI is InChI=1S/C13H22N2O3S/c1-5-15(6-7-18-4)19(16,17)13-10(2)8-12(14)9-11(13)3/h8-9H,5-7,14H2,1-4H3. The lowest BCUT2D eigenvalue weighted by Gasteiger charge is -2.22. The van der Waals surface area contributed by atoms with Crippen molar-refractivity contribution < 1.29 is 13.2 Å². The van der Waals surface area contributed by atoms with Crippen molar-refractivity contribution >= 4 is 15.7 Å². The second-order valence-corrected chi connectivity index (χ2v) is 6.35. The fourth-order valence-electron chi connectivity index (χ4n) is 2.16. The van der Waals surface area contributed by atoms with Gasteiger partial charge in [0.2, 0.25) is 10.0 Å². The summed E-state index contributed by atoms with van der Waals surface area (Å²) in [5.41, 5.74) is 7.66. The molecular formula is C13H22N2O3S. The summed E-state index contributed by atoms with van der Waals surface area (Å²) >= 11 is 0. The van der Waals surface area contributed by atoms with E-state index < -0.39 is 10.0 Å². The van der Waals surface area contributed by atoms with Gasteiger partial charge in [0.15, 0.2) is 0 Å². The number of anilines is 1. The van der Waals surface area contributed by atoms with Gasteiger partial charge in [-0.15, -0.1) is 0 Å². The smallest absolute Gasteiger partial charge is 0.243 e. The summed E-state index contributed by atoms with van der Waals surface area (Å²) in [7, 11) is -1.95. The van der Waals surface area contributed by atoms with Gasteiger partial charge in [0, 0.05) is 25.9 Å². The van der Waals surface area contributed by atoms with E-state index >= 15 is 0 Å². The second-order valence-electron chi connectivity index (χ2n) is 4.47. The number of rotatable bonds is 6. The molecule has 0 bridgehead atoms. The van der Waals surface area contributed by atoms with Crippen LogP contribution in [0.1, 0.15) is 18.1 Å². The number of hydrogen-bond donors (Lipinski definition) is 1. The average molecular weight is 286 g/mol. The molecule has 1 aromatic rings. The molecule has 1 rings (SSSR count). The topological polar surface area (TPSA) is 72.6 Å². The van der Waals surface area contributed by atoms with Gasteiger partial charge in [-0.25, -0.2) is 8.42 Å². The van der Waals surface area contributed by atoms with Gasteiger partial charge >= 0.3 is 0 Å². The van der Waals surface area contributed by atoms with Crippen LogP contribution in [0.25, 0.3) is 0 Å². The van der Waals surface area contributed by atoms with Crippen LogP contribution in [0.2, 0.25) is 0 Å². The number of methoxy groups -OCH3 is 1. The number of hydrogen-bond acceptors (Lipinski definition) is 4. The molecule has 0 saturated carbocycles. The Hall–Kier alpha value is -1.11. The van der Waals surface area contributed by atoms with Gasteiger partial charge in [-0.05, 0) is 37.1 Å². The van der Waals surface area contributed by atoms with Crippen LogP contribution in [0.15, 0.2) is 17.0 Å². The van der Waals surface area contributed by atoms with E-state index in [1.165, 1.54) is 4.31 Å². The predicted molar refractivity (Wildman–Crippen MR) is 76.6 cm³/mol. The molecule has 108 valence electrons. The van der Waals surface area contributed by atoms with Gasteiger partial charge < -0.3 is 10.5 Å². The molecule has 0 aromatic heterocycles. The number of nitrogens with zero attached hydrogens (tertiary/aromatic N) is 1. The van der Waals surface area contributed by atoms with E-state index in [-0.39, 0.29) is 0 Å². The maximum atomic E-state index is 12.7. The molecule has 1 aromatic carbocycles. The highest BCUT2D eigenvalue weighted by Crippen LogP contribution is 2.26. The van der Waals surface area contributed by atoms with E-state index in [9.17, 15) is 8.42 Å². The molecule has 2 N–H and O–H groups in total. The molecule has 0 heterocycles. The van der Waals surface area contributed by atoms with Crippen molar-refractivity contribution in [3.8, 4) is 0 Å². The van der Waals surface area contributed by atoms with Gasteiger partial charge in [0.05, 0.1) is 11.5 Å². The Balaban J connectivity index is 3.26. The predicted octanol–water partition coefficient (Wildman–Crippen LogP) is 1.54. The van der Waals surface area contributed by atoms with Crippen molar-refractivity contribution in [3.05, 3.63) is 23.3 Å². The van der Waals surface area contributed by atoms with Crippen molar-refractivity contribution in [1.82, 2.24) is 4.31 Å². The zero-order valence-electron chi connectivity index (χ0n) is 11.9. The van der Waals surface area contributed by atoms with Crippen molar-refractivity contribution in [2.24, 2.45) is 0 Å². The fraction of sp³-hybridized carbons (Fsp3) is 0.538. The fourth-order valence-corrected chi connectivity index (χ4v) is 4.01. The summed E-state index contributed by atoms with van der Waals surface area (Å²) in [6.07, 6.45) is 0. The van der Waals surface area contributed by atoms with E-state index in [0.29, 0.717) is 41.4 Å². The van der Waals surface area contributed by atoms with Crippen LogP contribution in [0, 0.1) is 13.8 Å². The first-order valence-corrected chi connectivity index (χ1v) is 7.64. The van der Waals surface area contributed by atoms with E-state index in [1.54, 1.807) is 33.1 Å². The Bertz CT molecular complexity index is 518. The third kappa shape index (κ3) is 3.46. The summed E-state index contributed by atoms with van der Waals surface area (Å²) in [5, 5.41) is 0. The quantitative estimate of drug-likeness (QED) is 0.805. The Morgan fingerprint density at radius 3 is 2.21 bits per heavy atom. The molecule has 0 fully saturated rings. The van der Waals surface area contributed by atoms with Crippen LogP contribution < -0.4 is 5.73 Å². The number of ether oxygens (including phenoxy) is 1. The maximum Gasteiger partial charge on any atom is 0.243 e. The minimum Gasteiger partial charge on any atom is -0.399 e. The van der Waals surface area contributed by atoms with Crippen LogP contribution in [-0.4, -0.2) is 39.5 Å². The highest BCUT2D eigenvalue weighted by atomic mass is 32.2. The zero-order chi connectivity index (χ0) is 14.6. The van der Waals surface area contributed by atoms with Gasteiger partial charge in [-0.1, -0.05) is 6.92 Å². The zero-order valence-corrected chi connectivity index (χ0v) is 12.8. The highest BCUT2D eigenvalue weighted by molar-refractivity contribution is 7.89. The van der Waals surface area contributed by atoms with Crippen LogP contribution in [0.3, 0.4) is 0 Å². The monoisotopic (exact) mass is 286 g/mol. The molecule has 5 nitrogen and oxygen atoms in total. The first kappa shape index (κ1) is 15.9. The molecule has 0 unspecified atom stereocenters. The maximum absolute atomic E-state index is 12.7. The summed E-state index contributed by atoms with van der Waals surface area (Å²) in [4.78, 5) is 0.347. The number of nitrogen functional groups attached to an aromatic ring is 1. The molecule has 0 aliphatic heterocycles. The van der Waals surface area contributed by atoms with Crippen LogP contribution in [-0.2, 0) is 14.8 Å². The van der Waals surface area contributed by atoms with E-state index in [1.807, 2.05) is 6.92 Å². The summed E-state index contributed by atoms with van der Waals surface area (Å²) in [5.74, 6) is 0. The number of sulfonamides is 1. The summed E-state index contributed by atoms with van der Waals surface area (Å²) in [6, 6.07) is 3.37. The molecule has 0 spiro atoms. The highest BCUT2D eigenvalue weighted by Gasteiger charge is 2.26. The van der Waals surface area contributed by atoms with Crippen LogP contribution in [0.4, 0.5) is 5.69 Å². The summed E-state index contributed by atoms with van der Waals surface area (Å²) < 4.78 is 31.7. The molecule has 0 saturated heterocycles. The molecule has 0 amide bonds. The Kier molecular flexibility index (Phi) is 5.34. The Morgan fingerprint density at radius 2 is 1.79 bits per heavy atom. The van der Waals surface area contributed by atoms with E-state index in [4.69, 9.17) is 10.5 Å². The molecule has 0 radical (unpaired) electrons. The molecule has 19 heavy (non-hydrogen) atoms. The first-order valence-electron chi connectivity index (χ1n) is 6.20. The molecule has 0 atom stereocenters. The lowest BCUT2D eigenvalue weighted by molar-refractivity contribution is 0.180. The van der Waals surface area contributed by atoms with Crippen molar-refractivity contribution in [1.29, 1.82) is 0 Å². The van der Waals surface area contributed by atoms with Crippen molar-refractivity contribution in [3.63, 3.8) is 0 Å². The molecular weight excluding hydrogens is 264 g/mol. The third-order valence-corrected chi connectivity index (χ3v) is 5.26. The van der Waals surface area contributed by atoms with Gasteiger partial charge in [0.25, 0.3) is 0 Å². The second kappa shape index (κ2) is 6.36. The van der Waals surface area contributed by atoms with Crippen molar-refractivity contribution in [2.75, 3.05) is 32.5 Å². The minimum absolute atomic E-state index is 0.346. The van der Waals surface area contributed by atoms with Crippen molar-refractivity contribution in [2.45, 2.75) is 25.7 Å². The normalized spacial score (nSPS) is 12.1. The first-order chi connectivity index (χ1) is 8.84. The van der Waals surface area contributed by atoms with Crippen LogP contribution in [0.5, 0.6) is 0 Å². The number of likely N-dealkylation sites (N-methyl/N-ethyl adjacent to an activating group) is 1. The number of aryl methyl sites for hydroxylation is 2. The molecule has 0 aliphatic rings. The van der Waals surface area contributed by atoms with Crippen LogP contribution >= 0.6 is 0 Å². The van der Waals surface area contributed by atoms with Gasteiger partial charge in [-0.3, -0.25) is 0 Å². The lowest BCUT2D eigenvalue weighted by Crippen LogP contribution is -2.34. The van der Waals surface area contributed by atoms with Gasteiger partial charge in [0.1, 0.15) is 0 Å². The minimum atomic E-state index is -3.50. The summed E-state index contributed by atoms with van der Waals surface area (Å²) in [6.45, 7) is 6.48. The average Bonchev–Trinajstić information content (AvgIpc) is 2.27. The largest absolute Gasteiger partial charge is 0.399 e. The number of benzene rings is 1. The molecule has 6 heteroatoms. The molecule has 0 aliphatic carbocycles. The SMILES string of the molecule is CCN(CCOC)S(=O)(=O)c1c(C)cc(N)cc1C. The number of nitrogens with two attached hydrogens (primary N) is 1. The third-order valence-electron chi connectivity index (χ3n) is 2.98. The van der Waals surface area contributed by atoms with Gasteiger partial charge in [-0.2, -0.15) is 4.31 Å².